The number of carbonyl (C=O) groups is 1. The molecule has 4 atom stereocenters. The number of benzene rings is 1. The molecule has 0 unspecified atom stereocenters. The number of aliphatic hydroxyl groups excluding tert-OH is 5. The van der Waals surface area contributed by atoms with Crippen LogP contribution in [0, 0.1) is 0 Å². The number of nitrogens with one attached hydrogen (secondary N) is 1. The number of rotatable bonds is 21. The molecular weight excluding hydrogens is 620 g/mol. The van der Waals surface area contributed by atoms with E-state index in [1.165, 1.54) is 0 Å². The molecule has 0 radical (unpaired) electrons. The van der Waals surface area contributed by atoms with Gasteiger partial charge in [-0.05, 0) is 49.9 Å². The van der Waals surface area contributed by atoms with Crippen molar-refractivity contribution in [1.29, 1.82) is 0 Å². The maximum atomic E-state index is 12.3. The lowest BCUT2D eigenvalue weighted by Gasteiger charge is -2.30. The fourth-order valence-corrected chi connectivity index (χ4v) is 4.63. The number of aryl methyl sites for hydroxylation is 1. The van der Waals surface area contributed by atoms with Gasteiger partial charge in [0.2, 0.25) is 0 Å². The highest BCUT2D eigenvalue weighted by atomic mass is 35.5. The van der Waals surface area contributed by atoms with E-state index in [0.29, 0.717) is 32.0 Å². The second-order valence-corrected chi connectivity index (χ2v) is 11.3. The molecule has 46 heavy (non-hydrogen) atoms. The number of hydrogen-bond acceptors (Lipinski definition) is 13. The molecule has 1 aromatic heterocycles. The minimum Gasteiger partial charge on any atom is -0.492 e. The Kier molecular flexibility index (Phi) is 17.5. The molecule has 2 aromatic rings. The number of nitrogens with two attached hydrogens (primary N) is 3. The molecule has 1 amide bonds. The summed E-state index contributed by atoms with van der Waals surface area (Å²) in [5.41, 5.74) is 17.9. The summed E-state index contributed by atoms with van der Waals surface area (Å²) in [7, 11) is 0. The number of ether oxygens (including phenoxy) is 1. The molecule has 0 aliphatic rings. The van der Waals surface area contributed by atoms with Crippen molar-refractivity contribution in [3.63, 3.8) is 0 Å². The van der Waals surface area contributed by atoms with Gasteiger partial charge in [0.05, 0.1) is 12.7 Å². The molecule has 2 rings (SSSR count). The third kappa shape index (κ3) is 13.6. The largest absolute Gasteiger partial charge is 0.492 e. The normalized spacial score (nSPS) is 14.6. The number of carbonyl (C=O) groups excluding carboxylic acids is 1. The van der Waals surface area contributed by atoms with Crippen LogP contribution in [0.1, 0.15) is 61.5 Å². The Balaban J connectivity index is 1.76. The number of nitrogen functional groups attached to an aromatic ring is 2. The third-order valence-corrected chi connectivity index (χ3v) is 7.49. The predicted molar refractivity (Wildman–Crippen MR) is 176 cm³/mol. The summed E-state index contributed by atoms with van der Waals surface area (Å²) in [4.78, 5) is 26.0. The van der Waals surface area contributed by atoms with Gasteiger partial charge in [0.25, 0.3) is 5.91 Å². The van der Waals surface area contributed by atoms with Crippen molar-refractivity contribution in [2.24, 2.45) is 10.7 Å². The number of aliphatic hydroxyl groups is 5. The van der Waals surface area contributed by atoms with Gasteiger partial charge in [0, 0.05) is 19.6 Å². The first kappa shape index (κ1) is 38.9. The number of anilines is 2. The molecular formula is C30H49ClN8O7. The fourth-order valence-electron chi connectivity index (χ4n) is 4.50. The van der Waals surface area contributed by atoms with Gasteiger partial charge in [-0.3, -0.25) is 20.0 Å². The predicted octanol–water partition coefficient (Wildman–Crippen LogP) is 0.0588. The van der Waals surface area contributed by atoms with Crippen molar-refractivity contribution in [3.05, 3.63) is 40.7 Å². The average molecular weight is 669 g/mol. The van der Waals surface area contributed by atoms with Gasteiger partial charge in [-0.1, -0.05) is 49.9 Å². The molecule has 1 heterocycles. The van der Waals surface area contributed by atoms with E-state index < -0.39 is 36.9 Å². The maximum Gasteiger partial charge on any atom is 0.280 e. The van der Waals surface area contributed by atoms with Crippen LogP contribution in [-0.2, 0) is 6.42 Å². The van der Waals surface area contributed by atoms with Gasteiger partial charge in [-0.15, -0.1) is 0 Å². The van der Waals surface area contributed by atoms with Crippen LogP contribution in [0.3, 0.4) is 0 Å². The van der Waals surface area contributed by atoms with E-state index in [0.717, 1.165) is 50.5 Å². The molecule has 12 N–H and O–H groups in total. The fraction of sp³-hybridized carbons (Fsp3) is 0.600. The zero-order chi connectivity index (χ0) is 34.1. The van der Waals surface area contributed by atoms with Crippen molar-refractivity contribution in [1.82, 2.24) is 20.2 Å². The molecule has 258 valence electrons. The highest BCUT2D eigenvalue weighted by Gasteiger charge is 2.31. The van der Waals surface area contributed by atoms with Crippen LogP contribution in [0.2, 0.25) is 5.15 Å². The third-order valence-electron chi connectivity index (χ3n) is 7.22. The summed E-state index contributed by atoms with van der Waals surface area (Å²) in [5.74, 6) is -0.334. The SMILES string of the molecule is CCCCCCN(CCOc1ccc(CCCCN=C(N)NC(=O)c2nc(Cl)c(N)nc2N)cc1)C[C@@H](O)[C@@H](O)[C@@H](O)[C@@H](O)CO. The molecule has 15 nitrogen and oxygen atoms in total. The molecule has 0 aliphatic heterocycles. The molecule has 0 fully saturated rings. The van der Waals surface area contributed by atoms with E-state index in [1.54, 1.807) is 0 Å². The molecule has 0 aliphatic carbocycles. The van der Waals surface area contributed by atoms with Crippen LogP contribution in [0.25, 0.3) is 0 Å². The van der Waals surface area contributed by atoms with Crippen molar-refractivity contribution >= 4 is 35.1 Å². The summed E-state index contributed by atoms with van der Waals surface area (Å²) >= 11 is 5.81. The van der Waals surface area contributed by atoms with E-state index in [9.17, 15) is 25.2 Å². The molecule has 16 heteroatoms. The number of nitrogens with zero attached hydrogens (tertiary/aromatic N) is 4. The minimum absolute atomic E-state index is 0.0770. The summed E-state index contributed by atoms with van der Waals surface area (Å²) in [5, 5.41) is 51.5. The number of aliphatic imine (C=N–C) groups is 1. The average Bonchev–Trinajstić information content (AvgIpc) is 3.03. The summed E-state index contributed by atoms with van der Waals surface area (Å²) in [6, 6.07) is 7.73. The van der Waals surface area contributed by atoms with Crippen LogP contribution >= 0.6 is 11.6 Å². The van der Waals surface area contributed by atoms with Crippen LogP contribution < -0.4 is 27.3 Å². The summed E-state index contributed by atoms with van der Waals surface area (Å²) in [6.07, 6.45) is 0.370. The van der Waals surface area contributed by atoms with Crippen LogP contribution in [0.5, 0.6) is 5.75 Å². The summed E-state index contributed by atoms with van der Waals surface area (Å²) in [6.45, 7) is 3.38. The lowest BCUT2D eigenvalue weighted by atomic mass is 10.0. The number of amides is 1. The molecule has 1 aromatic carbocycles. The van der Waals surface area contributed by atoms with Crippen molar-refractivity contribution in [2.45, 2.75) is 76.3 Å². The van der Waals surface area contributed by atoms with Gasteiger partial charge in [0.15, 0.2) is 28.4 Å². The number of halogens is 1. The Bertz CT molecular complexity index is 1220. The smallest absolute Gasteiger partial charge is 0.280 e. The first-order valence-electron chi connectivity index (χ1n) is 15.4. The molecule has 0 saturated carbocycles. The number of unbranched alkanes of at least 4 members (excludes halogenated alkanes) is 4. The van der Waals surface area contributed by atoms with Gasteiger partial charge < -0.3 is 47.5 Å². The van der Waals surface area contributed by atoms with Crippen LogP contribution in [0.4, 0.5) is 11.6 Å². The van der Waals surface area contributed by atoms with Gasteiger partial charge in [-0.25, -0.2) is 9.97 Å². The second kappa shape index (κ2) is 20.7. The number of hydrogen-bond donors (Lipinski definition) is 9. The van der Waals surface area contributed by atoms with E-state index >= 15 is 0 Å². The standard InChI is InChI=1S/C30H49ClN8O7/c1-2-3-4-7-14-39(17-21(41)24(43)25(44)22(42)18-40)15-16-46-20-11-9-19(10-12-20)8-5-6-13-35-30(34)38-29(45)23-27(32)37-28(33)26(31)36-23/h9-12,21-22,24-25,40-44H,2-8,13-18H2,1H3,(H4,32,33,37)(H3,34,35,38,45)/t21-,22+,24-,25+/m1/s1. The van der Waals surface area contributed by atoms with E-state index in [4.69, 9.17) is 38.6 Å². The van der Waals surface area contributed by atoms with Gasteiger partial charge >= 0.3 is 0 Å². The van der Waals surface area contributed by atoms with Gasteiger partial charge in [0.1, 0.15) is 30.7 Å². The molecule has 0 spiro atoms. The van der Waals surface area contributed by atoms with Crippen LogP contribution in [-0.4, -0.2) is 116 Å². The van der Waals surface area contributed by atoms with Crippen molar-refractivity contribution < 1.29 is 35.1 Å². The zero-order valence-electron chi connectivity index (χ0n) is 26.3. The van der Waals surface area contributed by atoms with E-state index in [1.807, 2.05) is 29.2 Å². The highest BCUT2D eigenvalue weighted by molar-refractivity contribution is 6.31. The minimum atomic E-state index is -1.66. The summed E-state index contributed by atoms with van der Waals surface area (Å²) < 4.78 is 5.91. The van der Waals surface area contributed by atoms with E-state index in [2.05, 4.69) is 27.2 Å². The monoisotopic (exact) mass is 668 g/mol. The Morgan fingerprint density at radius 3 is 2.35 bits per heavy atom. The molecule has 0 bridgehead atoms. The van der Waals surface area contributed by atoms with E-state index in [-0.39, 0.29) is 35.0 Å². The second-order valence-electron chi connectivity index (χ2n) is 11.0. The lowest BCUT2D eigenvalue weighted by Crippen LogP contribution is -2.50. The van der Waals surface area contributed by atoms with Crippen molar-refractivity contribution in [3.8, 4) is 5.75 Å². The Hall–Kier alpha value is -3.31. The van der Waals surface area contributed by atoms with Gasteiger partial charge in [-0.2, -0.15) is 0 Å². The topological polar surface area (TPSA) is 259 Å². The quantitative estimate of drug-likeness (QED) is 0.0485. The number of aromatic nitrogens is 2. The first-order chi connectivity index (χ1) is 22.0. The van der Waals surface area contributed by atoms with Crippen LogP contribution in [0.15, 0.2) is 29.3 Å². The zero-order valence-corrected chi connectivity index (χ0v) is 27.0. The Labute approximate surface area is 274 Å². The number of guanidine groups is 1. The maximum absolute atomic E-state index is 12.3. The van der Waals surface area contributed by atoms with Crippen molar-refractivity contribution in [2.75, 3.05) is 50.9 Å². The molecule has 0 saturated heterocycles. The Morgan fingerprint density at radius 2 is 1.67 bits per heavy atom. The first-order valence-corrected chi connectivity index (χ1v) is 15.8. The highest BCUT2D eigenvalue weighted by Crippen LogP contribution is 2.17. The lowest BCUT2D eigenvalue weighted by molar-refractivity contribution is -0.119. The Morgan fingerprint density at radius 1 is 0.978 bits per heavy atom.